The highest BCUT2D eigenvalue weighted by atomic mass is 32.2. The third kappa shape index (κ3) is 7.53. The van der Waals surface area contributed by atoms with Crippen molar-refractivity contribution in [1.82, 2.24) is 10.6 Å². The predicted octanol–water partition coefficient (Wildman–Crippen LogP) is 1.39. The van der Waals surface area contributed by atoms with E-state index in [1.807, 2.05) is 48.7 Å². The van der Waals surface area contributed by atoms with Gasteiger partial charge in [0.15, 0.2) is 0 Å². The number of amides is 2. The molecule has 0 saturated heterocycles. The molecule has 160 valence electrons. The first-order valence-corrected chi connectivity index (χ1v) is 11.1. The molecule has 30 heavy (non-hydrogen) atoms. The highest BCUT2D eigenvalue weighted by Crippen LogP contribution is 2.07. The van der Waals surface area contributed by atoms with Gasteiger partial charge in [0.2, 0.25) is 11.8 Å². The van der Waals surface area contributed by atoms with Crippen LogP contribution in [0.15, 0.2) is 54.6 Å². The number of hydrogen-bond acceptors (Lipinski definition) is 5. The summed E-state index contributed by atoms with van der Waals surface area (Å²) in [6.45, 7) is 0.318. The third-order valence-corrected chi connectivity index (χ3v) is 5.25. The van der Waals surface area contributed by atoms with Gasteiger partial charge in [-0.2, -0.15) is 11.8 Å². The van der Waals surface area contributed by atoms with Crippen LogP contribution in [0.4, 0.5) is 0 Å². The summed E-state index contributed by atoms with van der Waals surface area (Å²) in [6.07, 6.45) is 2.88. The van der Waals surface area contributed by atoms with E-state index in [-0.39, 0.29) is 17.6 Å². The summed E-state index contributed by atoms with van der Waals surface area (Å²) in [5.41, 5.74) is 14.0. The normalized spacial score (nSPS) is 12.6. The minimum absolute atomic E-state index is 0.00253. The highest BCUT2D eigenvalue weighted by Gasteiger charge is 2.23. The van der Waals surface area contributed by atoms with Crippen molar-refractivity contribution < 1.29 is 9.59 Å². The van der Waals surface area contributed by atoms with Crippen LogP contribution in [-0.2, 0) is 22.6 Å². The highest BCUT2D eigenvalue weighted by molar-refractivity contribution is 7.98. The zero-order valence-corrected chi connectivity index (χ0v) is 17.9. The summed E-state index contributed by atoms with van der Waals surface area (Å²) in [5.74, 6) is 0.141. The Bertz CT molecular complexity index is 842. The molecule has 0 aliphatic heterocycles. The summed E-state index contributed by atoms with van der Waals surface area (Å²) in [6, 6.07) is 15.3. The summed E-state index contributed by atoms with van der Waals surface area (Å²) >= 11 is 1.61. The average molecular weight is 428 g/mol. The van der Waals surface area contributed by atoms with E-state index < -0.39 is 12.1 Å². The molecule has 0 radical (unpaired) electrons. The second-order valence-electron chi connectivity index (χ2n) is 6.97. The van der Waals surface area contributed by atoms with Gasteiger partial charge in [0, 0.05) is 12.1 Å². The van der Waals surface area contributed by atoms with Gasteiger partial charge in [-0.25, -0.2) is 0 Å². The van der Waals surface area contributed by atoms with Gasteiger partial charge in [-0.05, 0) is 36.0 Å². The molecule has 0 spiro atoms. The Morgan fingerprint density at radius 3 is 2.30 bits per heavy atom. The van der Waals surface area contributed by atoms with Crippen molar-refractivity contribution in [3.8, 4) is 0 Å². The number of nitrogens with two attached hydrogens (primary N) is 2. The van der Waals surface area contributed by atoms with Crippen LogP contribution in [0, 0.1) is 5.41 Å². The van der Waals surface area contributed by atoms with Gasteiger partial charge in [-0.1, -0.05) is 54.6 Å². The molecular formula is C22H29N5O2S. The first kappa shape index (κ1) is 23.4. The zero-order chi connectivity index (χ0) is 21.9. The van der Waals surface area contributed by atoms with Gasteiger partial charge in [-0.15, -0.1) is 0 Å². The summed E-state index contributed by atoms with van der Waals surface area (Å²) in [7, 11) is 0. The van der Waals surface area contributed by atoms with Crippen LogP contribution >= 0.6 is 11.8 Å². The quantitative estimate of drug-likeness (QED) is 0.273. The van der Waals surface area contributed by atoms with Crippen LogP contribution in [0.3, 0.4) is 0 Å². The van der Waals surface area contributed by atoms with E-state index in [9.17, 15) is 9.59 Å². The Kier molecular flexibility index (Phi) is 9.37. The largest absolute Gasteiger partial charge is 0.384 e. The van der Waals surface area contributed by atoms with E-state index in [1.54, 1.807) is 23.9 Å². The lowest BCUT2D eigenvalue weighted by molar-refractivity contribution is -0.129. The maximum atomic E-state index is 12.7. The molecule has 0 fully saturated rings. The topological polar surface area (TPSA) is 134 Å². The van der Waals surface area contributed by atoms with Crippen LogP contribution in [0.5, 0.6) is 0 Å². The van der Waals surface area contributed by atoms with Crippen molar-refractivity contribution >= 4 is 29.4 Å². The molecule has 0 saturated carbocycles. The fourth-order valence-corrected chi connectivity index (χ4v) is 3.33. The number of nitrogen functional groups attached to an aromatic ring is 1. The zero-order valence-electron chi connectivity index (χ0n) is 17.1. The van der Waals surface area contributed by atoms with Gasteiger partial charge in [0.25, 0.3) is 0 Å². The molecule has 0 aliphatic carbocycles. The minimum Gasteiger partial charge on any atom is -0.384 e. The number of thioether (sulfide) groups is 1. The van der Waals surface area contributed by atoms with Crippen molar-refractivity contribution in [3.05, 3.63) is 71.3 Å². The molecule has 0 bridgehead atoms. The van der Waals surface area contributed by atoms with Gasteiger partial charge in [0.1, 0.15) is 11.9 Å². The predicted molar refractivity (Wildman–Crippen MR) is 122 cm³/mol. The fourth-order valence-electron chi connectivity index (χ4n) is 2.86. The number of carbonyl (C=O) groups is 2. The maximum absolute atomic E-state index is 12.7. The molecule has 8 heteroatoms. The van der Waals surface area contributed by atoms with Crippen LogP contribution in [0.25, 0.3) is 0 Å². The number of nitrogens with one attached hydrogen (secondary N) is 3. The molecule has 0 aromatic heterocycles. The Morgan fingerprint density at radius 1 is 1.03 bits per heavy atom. The molecule has 2 atom stereocenters. The smallest absolute Gasteiger partial charge is 0.242 e. The second-order valence-corrected chi connectivity index (χ2v) is 7.95. The Hall–Kier alpha value is -2.84. The molecule has 2 aromatic carbocycles. The molecule has 2 rings (SSSR count). The van der Waals surface area contributed by atoms with Crippen molar-refractivity contribution in [3.63, 3.8) is 0 Å². The lowest BCUT2D eigenvalue weighted by Crippen LogP contribution is -2.52. The van der Waals surface area contributed by atoms with Gasteiger partial charge in [-0.3, -0.25) is 15.0 Å². The van der Waals surface area contributed by atoms with Crippen LogP contribution in [0.1, 0.15) is 23.1 Å². The Balaban J connectivity index is 1.93. The number of carbonyl (C=O) groups excluding carboxylic acids is 2. The molecule has 0 unspecified atom stereocenters. The van der Waals surface area contributed by atoms with E-state index in [1.165, 1.54) is 0 Å². The molecule has 0 heterocycles. The summed E-state index contributed by atoms with van der Waals surface area (Å²) in [4.78, 5) is 25.2. The van der Waals surface area contributed by atoms with Crippen LogP contribution in [-0.4, -0.2) is 41.7 Å². The van der Waals surface area contributed by atoms with E-state index in [2.05, 4.69) is 10.6 Å². The van der Waals surface area contributed by atoms with Crippen LogP contribution < -0.4 is 22.1 Å². The molecular weight excluding hydrogens is 398 g/mol. The van der Waals surface area contributed by atoms with Crippen molar-refractivity contribution in [2.75, 3.05) is 12.0 Å². The van der Waals surface area contributed by atoms with Crippen LogP contribution in [0.2, 0.25) is 0 Å². The van der Waals surface area contributed by atoms with E-state index in [0.717, 1.165) is 16.9 Å². The monoisotopic (exact) mass is 427 g/mol. The Morgan fingerprint density at radius 2 is 1.70 bits per heavy atom. The average Bonchev–Trinajstić information content (AvgIpc) is 2.75. The number of amidine groups is 1. The van der Waals surface area contributed by atoms with E-state index >= 15 is 0 Å². The third-order valence-electron chi connectivity index (χ3n) is 4.61. The molecule has 2 aromatic rings. The van der Waals surface area contributed by atoms with E-state index in [4.69, 9.17) is 16.9 Å². The first-order chi connectivity index (χ1) is 14.4. The second kappa shape index (κ2) is 12.0. The lowest BCUT2D eigenvalue weighted by atomic mass is 10.1. The summed E-state index contributed by atoms with van der Waals surface area (Å²) < 4.78 is 0. The lowest BCUT2D eigenvalue weighted by Gasteiger charge is -2.20. The van der Waals surface area contributed by atoms with Gasteiger partial charge < -0.3 is 22.1 Å². The summed E-state index contributed by atoms with van der Waals surface area (Å²) in [5, 5.41) is 13.1. The minimum atomic E-state index is -0.726. The van der Waals surface area contributed by atoms with Crippen molar-refractivity contribution in [2.24, 2.45) is 11.5 Å². The number of benzene rings is 2. The number of rotatable bonds is 11. The maximum Gasteiger partial charge on any atom is 0.242 e. The van der Waals surface area contributed by atoms with Gasteiger partial charge in [0.05, 0.1) is 6.04 Å². The molecule has 7 nitrogen and oxygen atoms in total. The molecule has 0 aliphatic rings. The van der Waals surface area contributed by atoms with Crippen molar-refractivity contribution in [1.29, 1.82) is 5.41 Å². The SMILES string of the molecule is CSCC[C@H](NC(=O)[C@H](N)Cc1ccccc1)C(=O)NCc1ccc(C(=N)N)cc1. The Labute approximate surface area is 181 Å². The van der Waals surface area contributed by atoms with E-state index in [0.29, 0.717) is 24.9 Å². The van der Waals surface area contributed by atoms with Gasteiger partial charge >= 0.3 is 0 Å². The molecule has 2 amide bonds. The fraction of sp³-hybridized carbons (Fsp3) is 0.318. The first-order valence-electron chi connectivity index (χ1n) is 9.70. The number of hydrogen-bond donors (Lipinski definition) is 5. The molecule has 7 N–H and O–H groups in total. The van der Waals surface area contributed by atoms with Crippen molar-refractivity contribution in [2.45, 2.75) is 31.5 Å². The standard InChI is InChI=1S/C22H29N5O2S/c1-30-12-11-19(27-21(28)18(23)13-15-5-3-2-4-6-15)22(29)26-14-16-7-9-17(10-8-16)20(24)25/h2-10,18-19H,11-14,23H2,1H3,(H3,24,25)(H,26,29)(H,27,28)/t18-,19+/m1/s1.